The SMILES string of the molecule is COC1C[C@@H](C(=O)O)N(C(=O)C(CS)C(F)(F)F)C1. The van der Waals surface area contributed by atoms with Crippen LogP contribution in [0.5, 0.6) is 0 Å². The van der Waals surface area contributed by atoms with Crippen LogP contribution in [-0.4, -0.2) is 59.6 Å². The van der Waals surface area contributed by atoms with E-state index in [1.54, 1.807) is 0 Å². The molecular weight excluding hydrogens is 287 g/mol. The molecule has 19 heavy (non-hydrogen) atoms. The molecule has 1 fully saturated rings. The number of hydrogen-bond acceptors (Lipinski definition) is 4. The number of carboxylic acid groups (broad SMARTS) is 1. The van der Waals surface area contributed by atoms with E-state index in [0.29, 0.717) is 4.90 Å². The maximum atomic E-state index is 12.7. The zero-order valence-corrected chi connectivity index (χ0v) is 10.9. The summed E-state index contributed by atoms with van der Waals surface area (Å²) in [6.07, 6.45) is -5.33. The lowest BCUT2D eigenvalue weighted by Gasteiger charge is -2.27. The van der Waals surface area contributed by atoms with E-state index >= 15 is 0 Å². The second-order valence-corrected chi connectivity index (χ2v) is 4.58. The first-order valence-electron chi connectivity index (χ1n) is 5.46. The minimum Gasteiger partial charge on any atom is -0.480 e. The minimum atomic E-state index is -4.74. The Labute approximate surface area is 113 Å². The predicted molar refractivity (Wildman–Crippen MR) is 61.9 cm³/mol. The first-order chi connectivity index (χ1) is 8.72. The number of nitrogens with zero attached hydrogens (tertiary/aromatic N) is 1. The minimum absolute atomic E-state index is 0.0191. The number of carboxylic acids is 1. The van der Waals surface area contributed by atoms with Crippen molar-refractivity contribution in [1.29, 1.82) is 0 Å². The van der Waals surface area contributed by atoms with Gasteiger partial charge in [0.1, 0.15) is 12.0 Å². The molecule has 3 atom stereocenters. The Hall–Kier alpha value is -0.960. The molecule has 1 N–H and O–H groups in total. The third-order valence-electron chi connectivity index (χ3n) is 3.04. The second-order valence-electron chi connectivity index (χ2n) is 4.21. The van der Waals surface area contributed by atoms with Crippen molar-refractivity contribution in [3.05, 3.63) is 0 Å². The third-order valence-corrected chi connectivity index (χ3v) is 3.41. The number of carbonyl (C=O) groups excluding carboxylic acids is 1. The maximum Gasteiger partial charge on any atom is 0.401 e. The van der Waals surface area contributed by atoms with E-state index in [1.807, 2.05) is 0 Å². The zero-order valence-electron chi connectivity index (χ0n) is 10.1. The Morgan fingerprint density at radius 1 is 1.53 bits per heavy atom. The monoisotopic (exact) mass is 301 g/mol. The largest absolute Gasteiger partial charge is 0.480 e. The first kappa shape index (κ1) is 16.1. The number of thiol groups is 1. The average Bonchev–Trinajstić information content (AvgIpc) is 2.71. The molecule has 0 aliphatic carbocycles. The number of aliphatic carboxylic acids is 1. The number of rotatable bonds is 4. The Bertz CT molecular complexity index is 363. The van der Waals surface area contributed by atoms with Crippen molar-refractivity contribution in [2.45, 2.75) is 24.7 Å². The Kier molecular flexibility index (Phi) is 5.08. The summed E-state index contributed by atoms with van der Waals surface area (Å²) in [5.74, 6) is -5.63. The zero-order chi connectivity index (χ0) is 14.8. The summed E-state index contributed by atoms with van der Waals surface area (Å²) in [5, 5.41) is 8.95. The lowest BCUT2D eigenvalue weighted by atomic mass is 10.1. The highest BCUT2D eigenvalue weighted by Crippen LogP contribution is 2.31. The molecule has 1 aliphatic rings. The van der Waals surface area contributed by atoms with Crippen LogP contribution in [0.2, 0.25) is 0 Å². The highest BCUT2D eigenvalue weighted by Gasteiger charge is 2.50. The topological polar surface area (TPSA) is 66.8 Å². The van der Waals surface area contributed by atoms with Gasteiger partial charge in [0.2, 0.25) is 5.91 Å². The molecule has 0 saturated carbocycles. The summed E-state index contributed by atoms with van der Waals surface area (Å²) in [6, 6.07) is -1.29. The number of likely N-dealkylation sites (tertiary alicyclic amines) is 1. The van der Waals surface area contributed by atoms with Gasteiger partial charge in [-0.05, 0) is 0 Å². The summed E-state index contributed by atoms with van der Waals surface area (Å²) < 4.78 is 42.9. The number of halogens is 3. The molecule has 1 amide bonds. The summed E-state index contributed by atoms with van der Waals surface area (Å²) in [6.45, 7) is -0.160. The van der Waals surface area contributed by atoms with Crippen LogP contribution in [0.25, 0.3) is 0 Å². The summed E-state index contributed by atoms with van der Waals surface area (Å²) >= 11 is 3.52. The Morgan fingerprint density at radius 3 is 2.47 bits per heavy atom. The van der Waals surface area contributed by atoms with Gasteiger partial charge in [-0.25, -0.2) is 4.79 Å². The van der Waals surface area contributed by atoms with Gasteiger partial charge in [-0.2, -0.15) is 25.8 Å². The standard InChI is InChI=1S/C10H14F3NO4S/c1-18-5-2-7(9(16)17)14(3-5)8(15)6(4-19)10(11,12)13/h5-7,19H,2-4H2,1H3,(H,16,17)/t5?,6?,7-/m0/s1. The third kappa shape index (κ3) is 3.53. The summed E-state index contributed by atoms with van der Waals surface area (Å²) in [7, 11) is 1.32. The fraction of sp³-hybridized carbons (Fsp3) is 0.800. The van der Waals surface area contributed by atoms with E-state index < -0.39 is 41.9 Å². The van der Waals surface area contributed by atoms with Crippen LogP contribution in [0, 0.1) is 5.92 Å². The first-order valence-corrected chi connectivity index (χ1v) is 6.09. The van der Waals surface area contributed by atoms with Crippen molar-refractivity contribution in [2.75, 3.05) is 19.4 Å². The smallest absolute Gasteiger partial charge is 0.401 e. The van der Waals surface area contributed by atoms with Crippen LogP contribution in [-0.2, 0) is 14.3 Å². The van der Waals surface area contributed by atoms with Crippen LogP contribution in [0.3, 0.4) is 0 Å². The van der Waals surface area contributed by atoms with Crippen LogP contribution >= 0.6 is 12.6 Å². The van der Waals surface area contributed by atoms with Gasteiger partial charge in [-0.3, -0.25) is 4.79 Å². The van der Waals surface area contributed by atoms with Crippen molar-refractivity contribution >= 4 is 24.5 Å². The number of amides is 1. The molecule has 1 rings (SSSR count). The molecule has 0 aromatic carbocycles. The van der Waals surface area contributed by atoms with Gasteiger partial charge >= 0.3 is 12.1 Å². The fourth-order valence-corrected chi connectivity index (χ4v) is 2.33. The highest BCUT2D eigenvalue weighted by molar-refractivity contribution is 7.80. The molecular formula is C10H14F3NO4S. The number of hydrogen-bond donors (Lipinski definition) is 2. The quantitative estimate of drug-likeness (QED) is 0.754. The molecule has 1 aliphatic heterocycles. The molecule has 2 unspecified atom stereocenters. The molecule has 110 valence electrons. The van der Waals surface area contributed by atoms with Crippen molar-refractivity contribution in [3.8, 4) is 0 Å². The van der Waals surface area contributed by atoms with Gasteiger partial charge in [0.25, 0.3) is 0 Å². The van der Waals surface area contributed by atoms with Gasteiger partial charge in [-0.1, -0.05) is 0 Å². The predicted octanol–water partition coefficient (Wildman–Crippen LogP) is 0.795. The van der Waals surface area contributed by atoms with Crippen molar-refractivity contribution in [1.82, 2.24) is 4.90 Å². The van der Waals surface area contributed by atoms with Gasteiger partial charge in [0.05, 0.1) is 6.10 Å². The normalized spacial score (nSPS) is 25.4. The fourth-order valence-electron chi connectivity index (χ4n) is 1.97. The van der Waals surface area contributed by atoms with E-state index in [2.05, 4.69) is 12.6 Å². The van der Waals surface area contributed by atoms with Crippen LogP contribution < -0.4 is 0 Å². The molecule has 0 aromatic heterocycles. The number of ether oxygens (including phenoxy) is 1. The molecule has 1 heterocycles. The second kappa shape index (κ2) is 6.00. The van der Waals surface area contributed by atoms with E-state index in [0.717, 1.165) is 0 Å². The van der Waals surface area contributed by atoms with Gasteiger partial charge < -0.3 is 14.7 Å². The number of carbonyl (C=O) groups is 2. The molecule has 9 heteroatoms. The summed E-state index contributed by atoms with van der Waals surface area (Å²) in [4.78, 5) is 23.5. The van der Waals surface area contributed by atoms with Gasteiger partial charge in [0.15, 0.2) is 0 Å². The lowest BCUT2D eigenvalue weighted by Crippen LogP contribution is -2.48. The van der Waals surface area contributed by atoms with Crippen LogP contribution in [0.1, 0.15) is 6.42 Å². The van der Waals surface area contributed by atoms with Gasteiger partial charge in [-0.15, -0.1) is 0 Å². The number of methoxy groups -OCH3 is 1. The van der Waals surface area contributed by atoms with Crippen LogP contribution in [0.15, 0.2) is 0 Å². The Morgan fingerprint density at radius 2 is 2.11 bits per heavy atom. The summed E-state index contributed by atoms with van der Waals surface area (Å²) in [5.41, 5.74) is 0. The van der Waals surface area contributed by atoms with Crippen LogP contribution in [0.4, 0.5) is 13.2 Å². The van der Waals surface area contributed by atoms with E-state index in [9.17, 15) is 22.8 Å². The Balaban J connectivity index is 2.93. The molecule has 0 radical (unpaired) electrons. The van der Waals surface area contributed by atoms with Crippen molar-refractivity contribution in [3.63, 3.8) is 0 Å². The average molecular weight is 301 g/mol. The van der Waals surface area contributed by atoms with Crippen molar-refractivity contribution in [2.24, 2.45) is 5.92 Å². The molecule has 5 nitrogen and oxygen atoms in total. The molecule has 1 saturated heterocycles. The van der Waals surface area contributed by atoms with E-state index in [1.165, 1.54) is 7.11 Å². The van der Waals surface area contributed by atoms with E-state index in [4.69, 9.17) is 9.84 Å². The molecule has 0 bridgehead atoms. The van der Waals surface area contributed by atoms with E-state index in [-0.39, 0.29) is 13.0 Å². The highest BCUT2D eigenvalue weighted by atomic mass is 32.1. The van der Waals surface area contributed by atoms with Gasteiger partial charge in [0, 0.05) is 25.8 Å². The van der Waals surface area contributed by atoms with Crippen molar-refractivity contribution < 1.29 is 32.6 Å². The molecule has 0 spiro atoms. The lowest BCUT2D eigenvalue weighted by molar-refractivity contribution is -0.186. The molecule has 0 aromatic rings. The maximum absolute atomic E-state index is 12.7. The number of alkyl halides is 3.